The van der Waals surface area contributed by atoms with Crippen LogP contribution in [0.2, 0.25) is 0 Å². The van der Waals surface area contributed by atoms with Crippen LogP contribution in [-0.2, 0) is 10.2 Å². The summed E-state index contributed by atoms with van der Waals surface area (Å²) in [6, 6.07) is 10.2. The molecule has 0 spiro atoms. The molecule has 1 aliphatic heterocycles. The van der Waals surface area contributed by atoms with Crippen molar-refractivity contribution in [3.8, 4) is 0 Å². The van der Waals surface area contributed by atoms with Crippen LogP contribution in [0.25, 0.3) is 0 Å². The van der Waals surface area contributed by atoms with E-state index in [1.165, 1.54) is 22.7 Å². The smallest absolute Gasteiger partial charge is 0.278 e. The van der Waals surface area contributed by atoms with Gasteiger partial charge in [-0.15, -0.1) is 0 Å². The highest BCUT2D eigenvalue weighted by Crippen LogP contribution is 2.26. The van der Waals surface area contributed by atoms with Crippen LogP contribution in [0.3, 0.4) is 0 Å². The molecular weight excluding hydrogens is 298 g/mol. The molecule has 1 aliphatic rings. The van der Waals surface area contributed by atoms with Crippen molar-refractivity contribution in [1.29, 1.82) is 0 Å². The second-order valence-corrected chi connectivity index (χ2v) is 8.25. The highest BCUT2D eigenvalue weighted by molar-refractivity contribution is 7.87. The Morgan fingerprint density at radius 3 is 2.36 bits per heavy atom. The quantitative estimate of drug-likeness (QED) is 0.868. The molecular formula is C16H27N3O2S. The van der Waals surface area contributed by atoms with Gasteiger partial charge in [0.1, 0.15) is 0 Å². The number of likely N-dealkylation sites (tertiary alicyclic amines) is 1. The fourth-order valence-corrected chi connectivity index (χ4v) is 3.41. The fourth-order valence-electron chi connectivity index (χ4n) is 2.79. The molecule has 124 valence electrons. The number of hydrogen-bond donors (Lipinski definition) is 1. The van der Waals surface area contributed by atoms with Gasteiger partial charge in [-0.1, -0.05) is 37.3 Å². The molecule has 1 unspecified atom stereocenters. The van der Waals surface area contributed by atoms with Gasteiger partial charge in [0.15, 0.2) is 0 Å². The van der Waals surface area contributed by atoms with Crippen molar-refractivity contribution in [3.05, 3.63) is 35.9 Å². The molecule has 0 aromatic heterocycles. The second-order valence-electron chi connectivity index (χ2n) is 6.28. The first kappa shape index (κ1) is 17.4. The third kappa shape index (κ3) is 4.52. The summed E-state index contributed by atoms with van der Waals surface area (Å²) < 4.78 is 27.9. The Hall–Kier alpha value is -0.950. The van der Waals surface area contributed by atoms with E-state index in [2.05, 4.69) is 28.7 Å². The van der Waals surface area contributed by atoms with E-state index in [1.807, 2.05) is 18.2 Å². The molecule has 1 aromatic rings. The van der Waals surface area contributed by atoms with Gasteiger partial charge in [0.25, 0.3) is 10.2 Å². The van der Waals surface area contributed by atoms with Gasteiger partial charge >= 0.3 is 0 Å². The maximum atomic E-state index is 12.0. The van der Waals surface area contributed by atoms with E-state index >= 15 is 0 Å². The Morgan fingerprint density at radius 2 is 1.82 bits per heavy atom. The first-order chi connectivity index (χ1) is 10.4. The van der Waals surface area contributed by atoms with Crippen molar-refractivity contribution in [1.82, 2.24) is 13.9 Å². The SMILES string of the molecule is CC1CCN(C(CNS(=O)(=O)N(C)C)c2ccccc2)CC1. The molecule has 1 saturated heterocycles. The van der Waals surface area contributed by atoms with Gasteiger partial charge in [0.2, 0.25) is 0 Å². The van der Waals surface area contributed by atoms with E-state index in [0.717, 1.165) is 19.0 Å². The van der Waals surface area contributed by atoms with Gasteiger partial charge in [-0.3, -0.25) is 4.90 Å². The third-order valence-electron chi connectivity index (χ3n) is 4.38. The Morgan fingerprint density at radius 1 is 1.23 bits per heavy atom. The zero-order valence-electron chi connectivity index (χ0n) is 13.7. The molecule has 22 heavy (non-hydrogen) atoms. The lowest BCUT2D eigenvalue weighted by molar-refractivity contribution is 0.139. The average Bonchev–Trinajstić information content (AvgIpc) is 2.50. The molecule has 1 fully saturated rings. The molecule has 5 nitrogen and oxygen atoms in total. The molecule has 1 atom stereocenters. The maximum absolute atomic E-state index is 12.0. The van der Waals surface area contributed by atoms with Crippen LogP contribution >= 0.6 is 0 Å². The van der Waals surface area contributed by atoms with Crippen LogP contribution in [0.4, 0.5) is 0 Å². The van der Waals surface area contributed by atoms with Crippen LogP contribution in [0.5, 0.6) is 0 Å². The number of piperidine rings is 1. The average molecular weight is 325 g/mol. The zero-order chi connectivity index (χ0) is 16.2. The van der Waals surface area contributed by atoms with Crippen molar-refractivity contribution >= 4 is 10.2 Å². The minimum absolute atomic E-state index is 0.0865. The lowest BCUT2D eigenvalue weighted by atomic mass is 9.96. The van der Waals surface area contributed by atoms with Crippen LogP contribution in [0, 0.1) is 5.92 Å². The van der Waals surface area contributed by atoms with Crippen LogP contribution in [0.1, 0.15) is 31.4 Å². The Kier molecular flexibility index (Phi) is 5.97. The van der Waals surface area contributed by atoms with Gasteiger partial charge in [0.05, 0.1) is 0 Å². The lowest BCUT2D eigenvalue weighted by Crippen LogP contribution is -2.44. The standard InChI is InChI=1S/C16H27N3O2S/c1-14-9-11-19(12-10-14)16(15-7-5-4-6-8-15)13-17-22(20,21)18(2)3/h4-8,14,16-17H,9-13H2,1-3H3. The highest BCUT2D eigenvalue weighted by atomic mass is 32.2. The van der Waals surface area contributed by atoms with Gasteiger partial charge in [-0.2, -0.15) is 12.7 Å². The number of hydrogen-bond acceptors (Lipinski definition) is 3. The van der Waals surface area contributed by atoms with E-state index < -0.39 is 10.2 Å². The van der Waals surface area contributed by atoms with E-state index in [4.69, 9.17) is 0 Å². The number of nitrogens with zero attached hydrogens (tertiary/aromatic N) is 2. The molecule has 1 aromatic carbocycles. The maximum Gasteiger partial charge on any atom is 0.278 e. The molecule has 1 heterocycles. The lowest BCUT2D eigenvalue weighted by Gasteiger charge is -2.37. The molecule has 0 aliphatic carbocycles. The monoisotopic (exact) mass is 325 g/mol. The van der Waals surface area contributed by atoms with Crippen molar-refractivity contribution in [2.75, 3.05) is 33.7 Å². The van der Waals surface area contributed by atoms with Crippen LogP contribution < -0.4 is 4.72 Å². The summed E-state index contributed by atoms with van der Waals surface area (Å²) in [5.41, 5.74) is 1.17. The van der Waals surface area contributed by atoms with Crippen molar-refractivity contribution in [3.63, 3.8) is 0 Å². The normalized spacial score (nSPS) is 19.5. The van der Waals surface area contributed by atoms with Crippen molar-refractivity contribution in [2.24, 2.45) is 5.92 Å². The number of rotatable bonds is 6. The first-order valence-electron chi connectivity index (χ1n) is 7.86. The summed E-state index contributed by atoms with van der Waals surface area (Å²) in [7, 11) is -0.306. The predicted octanol–water partition coefficient (Wildman–Crippen LogP) is 1.86. The number of benzene rings is 1. The molecule has 1 N–H and O–H groups in total. The molecule has 0 radical (unpaired) electrons. The summed E-state index contributed by atoms with van der Waals surface area (Å²) in [5, 5.41) is 0. The summed E-state index contributed by atoms with van der Waals surface area (Å²) in [6.45, 7) is 4.72. The summed E-state index contributed by atoms with van der Waals surface area (Å²) in [4.78, 5) is 2.40. The van der Waals surface area contributed by atoms with Crippen molar-refractivity contribution in [2.45, 2.75) is 25.8 Å². The van der Waals surface area contributed by atoms with Crippen LogP contribution in [0.15, 0.2) is 30.3 Å². The Balaban J connectivity index is 2.12. The van der Waals surface area contributed by atoms with Gasteiger partial charge in [-0.25, -0.2) is 4.72 Å². The first-order valence-corrected chi connectivity index (χ1v) is 9.30. The van der Waals surface area contributed by atoms with Gasteiger partial charge in [0, 0.05) is 26.7 Å². The topological polar surface area (TPSA) is 52.7 Å². The Bertz CT molecular complexity index is 552. The minimum atomic E-state index is -3.39. The summed E-state index contributed by atoms with van der Waals surface area (Å²) >= 11 is 0. The molecule has 6 heteroatoms. The van der Waals surface area contributed by atoms with E-state index in [-0.39, 0.29) is 6.04 Å². The van der Waals surface area contributed by atoms with Crippen LogP contribution in [-0.4, -0.2) is 51.4 Å². The molecule has 0 bridgehead atoms. The highest BCUT2D eigenvalue weighted by Gasteiger charge is 2.26. The van der Waals surface area contributed by atoms with E-state index in [9.17, 15) is 8.42 Å². The third-order valence-corrected chi connectivity index (χ3v) is 5.88. The van der Waals surface area contributed by atoms with E-state index in [1.54, 1.807) is 14.1 Å². The molecule has 0 amide bonds. The largest absolute Gasteiger partial charge is 0.295 e. The summed E-state index contributed by atoms with van der Waals surface area (Å²) in [6.07, 6.45) is 2.34. The molecule has 0 saturated carbocycles. The number of nitrogens with one attached hydrogen (secondary N) is 1. The van der Waals surface area contributed by atoms with Gasteiger partial charge < -0.3 is 0 Å². The predicted molar refractivity (Wildman–Crippen MR) is 89.8 cm³/mol. The zero-order valence-corrected chi connectivity index (χ0v) is 14.5. The summed E-state index contributed by atoms with van der Waals surface area (Å²) in [5.74, 6) is 0.756. The minimum Gasteiger partial charge on any atom is -0.295 e. The fraction of sp³-hybridized carbons (Fsp3) is 0.625. The second kappa shape index (κ2) is 7.55. The van der Waals surface area contributed by atoms with E-state index in [0.29, 0.717) is 6.54 Å². The Labute approximate surface area is 134 Å². The van der Waals surface area contributed by atoms with Crippen molar-refractivity contribution < 1.29 is 8.42 Å². The van der Waals surface area contributed by atoms with Gasteiger partial charge in [-0.05, 0) is 37.4 Å². The molecule has 2 rings (SSSR count).